The minimum absolute atomic E-state index is 0.118. The fourth-order valence-electron chi connectivity index (χ4n) is 4.96. The highest BCUT2D eigenvalue weighted by atomic mass is 32.2. The lowest BCUT2D eigenvalue weighted by molar-refractivity contribution is 0.0736. The van der Waals surface area contributed by atoms with Gasteiger partial charge in [-0.05, 0) is 61.2 Å². The minimum Gasteiger partial charge on any atom is -0.380 e. The zero-order chi connectivity index (χ0) is 25.7. The summed E-state index contributed by atoms with van der Waals surface area (Å²) in [6.45, 7) is 4.77. The second kappa shape index (κ2) is 11.3. The molecule has 1 amide bonds. The van der Waals surface area contributed by atoms with E-state index < -0.39 is 9.84 Å². The molecule has 9 heteroatoms. The molecule has 2 saturated heterocycles. The van der Waals surface area contributed by atoms with Gasteiger partial charge in [-0.1, -0.05) is 18.2 Å². The van der Waals surface area contributed by atoms with Crippen LogP contribution in [0.5, 0.6) is 0 Å². The number of sulfone groups is 1. The first-order chi connectivity index (χ1) is 18.0. The van der Waals surface area contributed by atoms with Crippen molar-refractivity contribution in [1.82, 2.24) is 15.2 Å². The van der Waals surface area contributed by atoms with Gasteiger partial charge in [0.25, 0.3) is 5.91 Å². The fourth-order valence-corrected chi connectivity index (χ4v) is 6.42. The van der Waals surface area contributed by atoms with Gasteiger partial charge in [-0.3, -0.25) is 9.78 Å². The summed E-state index contributed by atoms with van der Waals surface area (Å²) in [6, 6.07) is 15.7. The standard InChI is InChI=1S/C28H33N5O3S/c34-28(33-17-13-30-14-18-33)24-19-27(37(35,36)23-7-3-1-4-8-23)25(31-21-22-9-11-29-12-10-22)20-26(24)32-15-5-2-6-16-32/h1,3-4,7-12,19-20,30-31H,2,5-6,13-18,21H2. The zero-order valence-electron chi connectivity index (χ0n) is 20.9. The van der Waals surface area contributed by atoms with Crippen molar-refractivity contribution >= 4 is 27.1 Å². The van der Waals surface area contributed by atoms with Crippen LogP contribution < -0.4 is 15.5 Å². The molecule has 0 aliphatic carbocycles. The zero-order valence-corrected chi connectivity index (χ0v) is 21.7. The molecule has 8 nitrogen and oxygen atoms in total. The van der Waals surface area contributed by atoms with Crippen molar-refractivity contribution in [3.8, 4) is 0 Å². The molecule has 0 spiro atoms. The number of carbonyl (C=O) groups excluding carboxylic acids is 1. The quantitative estimate of drug-likeness (QED) is 0.493. The Kier molecular flexibility index (Phi) is 7.71. The molecule has 1 aromatic heterocycles. The van der Waals surface area contributed by atoms with Gasteiger partial charge in [-0.25, -0.2) is 8.42 Å². The molecule has 0 atom stereocenters. The minimum atomic E-state index is -3.88. The molecule has 0 saturated carbocycles. The van der Waals surface area contributed by atoms with Crippen molar-refractivity contribution < 1.29 is 13.2 Å². The number of piperazine rings is 1. The second-order valence-corrected chi connectivity index (χ2v) is 11.4. The third kappa shape index (κ3) is 5.62. The van der Waals surface area contributed by atoms with Crippen molar-refractivity contribution in [2.75, 3.05) is 49.5 Å². The molecule has 3 aromatic rings. The number of rotatable bonds is 7. The largest absolute Gasteiger partial charge is 0.380 e. The third-order valence-electron chi connectivity index (χ3n) is 7.00. The highest BCUT2D eigenvalue weighted by Gasteiger charge is 2.30. The van der Waals surface area contributed by atoms with Gasteiger partial charge >= 0.3 is 0 Å². The molecule has 2 aliphatic rings. The number of hydrogen-bond donors (Lipinski definition) is 2. The maximum atomic E-state index is 13.9. The van der Waals surface area contributed by atoms with Crippen molar-refractivity contribution in [1.29, 1.82) is 0 Å². The van der Waals surface area contributed by atoms with Crippen molar-refractivity contribution in [2.45, 2.75) is 35.6 Å². The maximum absolute atomic E-state index is 13.9. The lowest BCUT2D eigenvalue weighted by Gasteiger charge is -2.34. The van der Waals surface area contributed by atoms with E-state index in [1.165, 1.54) is 0 Å². The fraction of sp³-hybridized carbons (Fsp3) is 0.357. The molecular formula is C28H33N5O3S. The Bertz CT molecular complexity index is 1320. The Morgan fingerprint density at radius 3 is 2.32 bits per heavy atom. The van der Waals surface area contributed by atoms with Gasteiger partial charge in [0, 0.05) is 58.2 Å². The summed E-state index contributed by atoms with van der Waals surface area (Å²) in [7, 11) is -3.88. The predicted molar refractivity (Wildman–Crippen MR) is 145 cm³/mol. The average molecular weight is 520 g/mol. The monoisotopic (exact) mass is 519 g/mol. The second-order valence-electron chi connectivity index (χ2n) is 9.48. The molecule has 37 heavy (non-hydrogen) atoms. The molecule has 2 N–H and O–H groups in total. The summed E-state index contributed by atoms with van der Waals surface area (Å²) in [5, 5.41) is 6.65. The van der Waals surface area contributed by atoms with Crippen LogP contribution in [0, 0.1) is 0 Å². The van der Waals surface area contributed by atoms with Crippen LogP contribution in [0.2, 0.25) is 0 Å². The number of carbonyl (C=O) groups is 1. The molecular weight excluding hydrogens is 486 g/mol. The van der Waals surface area contributed by atoms with E-state index in [2.05, 4.69) is 20.5 Å². The van der Waals surface area contributed by atoms with Crippen LogP contribution in [0.1, 0.15) is 35.2 Å². The maximum Gasteiger partial charge on any atom is 0.256 e. The van der Waals surface area contributed by atoms with Gasteiger partial charge in [0.2, 0.25) is 9.84 Å². The normalized spacial score (nSPS) is 16.4. The Hall–Kier alpha value is -3.43. The Labute approximate surface area is 218 Å². The lowest BCUT2D eigenvalue weighted by Crippen LogP contribution is -2.47. The van der Waals surface area contributed by atoms with Crippen LogP contribution in [0.3, 0.4) is 0 Å². The molecule has 0 bridgehead atoms. The van der Waals surface area contributed by atoms with Gasteiger partial charge in [-0.15, -0.1) is 0 Å². The summed E-state index contributed by atoms with van der Waals surface area (Å²) in [4.78, 5) is 22.3. The van der Waals surface area contributed by atoms with Crippen LogP contribution in [-0.4, -0.2) is 63.5 Å². The Morgan fingerprint density at radius 2 is 1.62 bits per heavy atom. The number of benzene rings is 2. The van der Waals surface area contributed by atoms with Gasteiger partial charge in [-0.2, -0.15) is 0 Å². The smallest absolute Gasteiger partial charge is 0.256 e. The molecule has 5 rings (SSSR count). The Balaban J connectivity index is 1.63. The number of nitrogens with one attached hydrogen (secondary N) is 2. The van der Waals surface area contributed by atoms with Gasteiger partial charge in [0.05, 0.1) is 26.7 Å². The highest BCUT2D eigenvalue weighted by Crippen LogP contribution is 2.36. The number of pyridine rings is 1. The summed E-state index contributed by atoms with van der Waals surface area (Å²) in [5.41, 5.74) is 2.73. The van der Waals surface area contributed by atoms with E-state index in [1.807, 2.05) is 23.1 Å². The molecule has 0 radical (unpaired) electrons. The van der Waals surface area contributed by atoms with E-state index in [0.717, 1.165) is 56.7 Å². The Morgan fingerprint density at radius 1 is 0.919 bits per heavy atom. The van der Waals surface area contributed by atoms with Crippen molar-refractivity contribution in [2.24, 2.45) is 0 Å². The first-order valence-electron chi connectivity index (χ1n) is 12.9. The van der Waals surface area contributed by atoms with Crippen LogP contribution in [0.15, 0.2) is 76.8 Å². The van der Waals surface area contributed by atoms with Gasteiger partial charge in [0.15, 0.2) is 0 Å². The SMILES string of the molecule is O=C(c1cc(S(=O)(=O)c2ccccc2)c(NCc2ccncc2)cc1N1CCCCC1)N1CCNCC1. The lowest BCUT2D eigenvalue weighted by atomic mass is 10.0. The van der Waals surface area contributed by atoms with Crippen LogP contribution in [0.25, 0.3) is 0 Å². The number of hydrogen-bond acceptors (Lipinski definition) is 7. The average Bonchev–Trinajstić information content (AvgIpc) is 2.97. The topological polar surface area (TPSA) is 94.6 Å². The molecule has 2 aliphatic heterocycles. The van der Waals surface area contributed by atoms with E-state index in [4.69, 9.17) is 0 Å². The van der Waals surface area contributed by atoms with Crippen LogP contribution in [0.4, 0.5) is 11.4 Å². The molecule has 2 aromatic carbocycles. The molecule has 2 fully saturated rings. The number of nitrogens with zero attached hydrogens (tertiary/aromatic N) is 3. The van der Waals surface area contributed by atoms with E-state index in [-0.39, 0.29) is 15.7 Å². The molecule has 0 unspecified atom stereocenters. The first kappa shape index (κ1) is 25.2. The number of anilines is 2. The van der Waals surface area contributed by atoms with E-state index >= 15 is 0 Å². The summed E-state index contributed by atoms with van der Waals surface area (Å²) >= 11 is 0. The van der Waals surface area contributed by atoms with Gasteiger partial charge < -0.3 is 20.4 Å². The van der Waals surface area contributed by atoms with E-state index in [0.29, 0.717) is 30.9 Å². The highest BCUT2D eigenvalue weighted by molar-refractivity contribution is 7.91. The molecule has 3 heterocycles. The van der Waals surface area contributed by atoms with Crippen LogP contribution in [-0.2, 0) is 16.4 Å². The number of amides is 1. The van der Waals surface area contributed by atoms with Crippen LogP contribution >= 0.6 is 0 Å². The predicted octanol–water partition coefficient (Wildman–Crippen LogP) is 3.56. The summed E-state index contributed by atoms with van der Waals surface area (Å²) in [6.07, 6.45) is 6.68. The number of piperidine rings is 1. The number of aromatic nitrogens is 1. The van der Waals surface area contributed by atoms with Crippen molar-refractivity contribution in [3.63, 3.8) is 0 Å². The van der Waals surface area contributed by atoms with Crippen molar-refractivity contribution in [3.05, 3.63) is 78.1 Å². The molecule has 194 valence electrons. The third-order valence-corrected chi connectivity index (χ3v) is 8.81. The summed E-state index contributed by atoms with van der Waals surface area (Å²) < 4.78 is 27.8. The first-order valence-corrected chi connectivity index (χ1v) is 14.4. The van der Waals surface area contributed by atoms with E-state index in [9.17, 15) is 13.2 Å². The van der Waals surface area contributed by atoms with E-state index in [1.54, 1.807) is 48.8 Å². The van der Waals surface area contributed by atoms with Gasteiger partial charge in [0.1, 0.15) is 0 Å². The summed E-state index contributed by atoms with van der Waals surface area (Å²) in [5.74, 6) is -0.118.